The van der Waals surface area contributed by atoms with Crippen molar-refractivity contribution in [3.05, 3.63) is 33.6 Å². The lowest BCUT2D eigenvalue weighted by atomic mass is 10.1. The minimum absolute atomic E-state index is 0.0786. The van der Waals surface area contributed by atoms with Gasteiger partial charge in [-0.3, -0.25) is 9.59 Å². The molecule has 0 aliphatic carbocycles. The molecule has 1 aromatic rings. The number of morpholine rings is 1. The van der Waals surface area contributed by atoms with Gasteiger partial charge in [0, 0.05) is 23.6 Å². The van der Waals surface area contributed by atoms with Gasteiger partial charge in [0.05, 0.1) is 24.6 Å². The Labute approximate surface area is 136 Å². The van der Waals surface area contributed by atoms with Gasteiger partial charge >= 0.3 is 5.97 Å². The van der Waals surface area contributed by atoms with Crippen LogP contribution in [0.3, 0.4) is 0 Å². The third-order valence-corrected chi connectivity index (χ3v) is 3.98. The van der Waals surface area contributed by atoms with Crippen molar-refractivity contribution in [2.45, 2.75) is 18.9 Å². The Kier molecular flexibility index (Phi) is 5.61. The molecule has 2 rings (SSSR count). The van der Waals surface area contributed by atoms with Gasteiger partial charge in [0.25, 0.3) is 0 Å². The number of carboxylic acid groups (broad SMARTS) is 1. The smallest absolute Gasteiger partial charge is 0.303 e. The molecule has 0 bridgehead atoms. The Morgan fingerprint density at radius 1 is 1.32 bits per heavy atom. The predicted octanol–water partition coefficient (Wildman–Crippen LogP) is 2.90. The van der Waals surface area contributed by atoms with E-state index in [1.54, 1.807) is 0 Å². The minimum Gasteiger partial charge on any atom is -0.481 e. The van der Waals surface area contributed by atoms with Crippen LogP contribution in [0.25, 0.3) is 0 Å². The molecule has 0 saturated carbocycles. The van der Waals surface area contributed by atoms with Crippen LogP contribution in [0.15, 0.2) is 12.1 Å². The predicted molar refractivity (Wildman–Crippen MR) is 78.6 cm³/mol. The van der Waals surface area contributed by atoms with E-state index in [2.05, 4.69) is 0 Å². The van der Waals surface area contributed by atoms with Crippen molar-refractivity contribution in [1.29, 1.82) is 0 Å². The van der Waals surface area contributed by atoms with E-state index in [1.807, 2.05) is 0 Å². The molecule has 1 saturated heterocycles. The van der Waals surface area contributed by atoms with Crippen molar-refractivity contribution < 1.29 is 23.8 Å². The van der Waals surface area contributed by atoms with Gasteiger partial charge in [-0.1, -0.05) is 23.2 Å². The highest BCUT2D eigenvalue weighted by Crippen LogP contribution is 2.32. The maximum absolute atomic E-state index is 13.6. The van der Waals surface area contributed by atoms with Crippen LogP contribution in [0, 0.1) is 5.82 Å². The third-order valence-electron chi connectivity index (χ3n) is 3.36. The van der Waals surface area contributed by atoms with Crippen LogP contribution in [-0.4, -0.2) is 41.6 Å². The topological polar surface area (TPSA) is 66.8 Å². The van der Waals surface area contributed by atoms with Crippen LogP contribution >= 0.6 is 23.2 Å². The fourth-order valence-corrected chi connectivity index (χ4v) is 2.73. The number of benzene rings is 1. The number of carbonyl (C=O) groups excluding carboxylic acids is 1. The number of ether oxygens (including phenoxy) is 1. The summed E-state index contributed by atoms with van der Waals surface area (Å²) in [5.41, 5.74) is 0.416. The zero-order valence-electron chi connectivity index (χ0n) is 11.5. The summed E-state index contributed by atoms with van der Waals surface area (Å²) in [4.78, 5) is 24.0. The molecule has 1 aromatic carbocycles. The highest BCUT2D eigenvalue weighted by atomic mass is 35.5. The number of amides is 1. The SMILES string of the molecule is O=C(O)CCC(=O)N1CCOC(c2cc(F)c(Cl)cc2Cl)C1. The lowest BCUT2D eigenvalue weighted by Gasteiger charge is -2.33. The Morgan fingerprint density at radius 2 is 2.05 bits per heavy atom. The number of hydrogen-bond acceptors (Lipinski definition) is 3. The van der Waals surface area contributed by atoms with Gasteiger partial charge in [0.2, 0.25) is 5.91 Å². The average molecular weight is 350 g/mol. The fraction of sp³-hybridized carbons (Fsp3) is 0.429. The third kappa shape index (κ3) is 4.09. The summed E-state index contributed by atoms with van der Waals surface area (Å²) < 4.78 is 19.1. The first-order chi connectivity index (χ1) is 10.4. The number of rotatable bonds is 4. The summed E-state index contributed by atoms with van der Waals surface area (Å²) in [5.74, 6) is -1.92. The zero-order valence-corrected chi connectivity index (χ0v) is 13.0. The van der Waals surface area contributed by atoms with E-state index < -0.39 is 17.9 Å². The highest BCUT2D eigenvalue weighted by Gasteiger charge is 2.27. The van der Waals surface area contributed by atoms with Crippen LogP contribution in [0.5, 0.6) is 0 Å². The summed E-state index contributed by atoms with van der Waals surface area (Å²) in [7, 11) is 0. The molecular weight excluding hydrogens is 336 g/mol. The van der Waals surface area contributed by atoms with Crippen LogP contribution in [0.2, 0.25) is 10.0 Å². The van der Waals surface area contributed by atoms with Crippen molar-refractivity contribution in [3.8, 4) is 0 Å². The number of carboxylic acids is 1. The van der Waals surface area contributed by atoms with Crippen LogP contribution in [-0.2, 0) is 14.3 Å². The van der Waals surface area contributed by atoms with E-state index >= 15 is 0 Å². The van der Waals surface area contributed by atoms with Gasteiger partial charge in [-0.25, -0.2) is 4.39 Å². The Bertz CT molecular complexity index is 596. The van der Waals surface area contributed by atoms with Crippen LogP contribution in [0.1, 0.15) is 24.5 Å². The number of nitrogens with zero attached hydrogens (tertiary/aromatic N) is 1. The van der Waals surface area contributed by atoms with Gasteiger partial charge in [0.1, 0.15) is 11.9 Å². The quantitative estimate of drug-likeness (QED) is 0.848. The molecular formula is C14H14Cl2FNO4. The largest absolute Gasteiger partial charge is 0.481 e. The van der Waals surface area contributed by atoms with Crippen molar-refractivity contribution >= 4 is 35.1 Å². The Balaban J connectivity index is 2.09. The molecule has 1 aliphatic heterocycles. The molecule has 1 fully saturated rings. The van der Waals surface area contributed by atoms with Gasteiger partial charge in [-0.2, -0.15) is 0 Å². The standard InChI is InChI=1S/C14H14Cl2FNO4/c15-9-6-10(16)11(17)5-8(9)12-7-18(3-4-22-12)13(19)1-2-14(20)21/h5-6,12H,1-4,7H2,(H,20,21). The first-order valence-electron chi connectivity index (χ1n) is 6.64. The second kappa shape index (κ2) is 7.26. The van der Waals surface area contributed by atoms with Gasteiger partial charge in [0.15, 0.2) is 0 Å². The molecule has 0 aromatic heterocycles. The van der Waals surface area contributed by atoms with Crippen molar-refractivity contribution in [3.63, 3.8) is 0 Å². The summed E-state index contributed by atoms with van der Waals surface area (Å²) in [6.07, 6.45) is -0.871. The summed E-state index contributed by atoms with van der Waals surface area (Å²) in [6.45, 7) is 0.825. The van der Waals surface area contributed by atoms with Crippen LogP contribution < -0.4 is 0 Å². The monoisotopic (exact) mass is 349 g/mol. The molecule has 1 amide bonds. The molecule has 22 heavy (non-hydrogen) atoms. The number of carbonyl (C=O) groups is 2. The van der Waals surface area contributed by atoms with Crippen molar-refractivity contribution in [2.75, 3.05) is 19.7 Å². The maximum atomic E-state index is 13.6. The number of aliphatic carboxylic acids is 1. The normalized spacial score (nSPS) is 18.3. The zero-order chi connectivity index (χ0) is 16.3. The maximum Gasteiger partial charge on any atom is 0.303 e. The first-order valence-corrected chi connectivity index (χ1v) is 7.39. The molecule has 8 heteroatoms. The molecule has 1 unspecified atom stereocenters. The second-order valence-corrected chi connectivity index (χ2v) is 5.70. The molecule has 1 aliphatic rings. The molecule has 1 heterocycles. The average Bonchev–Trinajstić information content (AvgIpc) is 2.48. The van der Waals surface area contributed by atoms with E-state index in [4.69, 9.17) is 33.0 Å². The number of halogens is 3. The molecule has 5 nitrogen and oxygen atoms in total. The Hall–Kier alpha value is -1.37. The van der Waals surface area contributed by atoms with Gasteiger partial charge in [-0.15, -0.1) is 0 Å². The molecule has 1 atom stereocenters. The minimum atomic E-state index is -1.03. The fourth-order valence-electron chi connectivity index (χ4n) is 2.22. The first kappa shape index (κ1) is 17.0. The molecule has 0 radical (unpaired) electrons. The van der Waals surface area contributed by atoms with E-state index in [1.165, 1.54) is 17.0 Å². The lowest BCUT2D eigenvalue weighted by Crippen LogP contribution is -2.42. The summed E-state index contributed by atoms with van der Waals surface area (Å²) in [6, 6.07) is 2.49. The van der Waals surface area contributed by atoms with E-state index in [-0.39, 0.29) is 41.9 Å². The lowest BCUT2D eigenvalue weighted by molar-refractivity contribution is -0.144. The summed E-state index contributed by atoms with van der Waals surface area (Å²) >= 11 is 11.7. The number of hydrogen-bond donors (Lipinski definition) is 1. The van der Waals surface area contributed by atoms with Crippen LogP contribution in [0.4, 0.5) is 4.39 Å². The van der Waals surface area contributed by atoms with Gasteiger partial charge in [-0.05, 0) is 12.1 Å². The second-order valence-electron chi connectivity index (χ2n) is 4.88. The molecule has 1 N–H and O–H groups in total. The summed E-state index contributed by atoms with van der Waals surface area (Å²) in [5, 5.41) is 8.79. The molecule has 120 valence electrons. The molecule has 0 spiro atoms. The van der Waals surface area contributed by atoms with E-state index in [0.29, 0.717) is 12.1 Å². The van der Waals surface area contributed by atoms with E-state index in [9.17, 15) is 14.0 Å². The van der Waals surface area contributed by atoms with Crippen molar-refractivity contribution in [1.82, 2.24) is 4.90 Å². The highest BCUT2D eigenvalue weighted by molar-refractivity contribution is 6.35. The van der Waals surface area contributed by atoms with Gasteiger partial charge < -0.3 is 14.7 Å². The Morgan fingerprint density at radius 3 is 2.73 bits per heavy atom. The van der Waals surface area contributed by atoms with E-state index in [0.717, 1.165) is 0 Å². The van der Waals surface area contributed by atoms with Crippen molar-refractivity contribution in [2.24, 2.45) is 0 Å².